The number of anilines is 1. The molecular formula is C14H9ClN2O2. The van der Waals surface area contributed by atoms with E-state index in [-0.39, 0.29) is 5.91 Å². The molecule has 2 aromatic heterocycles. The number of benzene rings is 1. The van der Waals surface area contributed by atoms with Gasteiger partial charge in [0.1, 0.15) is 17.0 Å². The summed E-state index contributed by atoms with van der Waals surface area (Å²) in [6.07, 6.45) is 2.98. The lowest BCUT2D eigenvalue weighted by Gasteiger charge is -2.03. The predicted octanol–water partition coefficient (Wildman–Crippen LogP) is 3.73. The maximum absolute atomic E-state index is 12.2. The van der Waals surface area contributed by atoms with Gasteiger partial charge in [0.2, 0.25) is 0 Å². The molecule has 0 radical (unpaired) electrons. The summed E-state index contributed by atoms with van der Waals surface area (Å²) in [5, 5.41) is 3.86. The maximum Gasteiger partial charge on any atom is 0.259 e. The van der Waals surface area contributed by atoms with Crippen molar-refractivity contribution in [2.75, 3.05) is 5.32 Å². The second-order valence-corrected chi connectivity index (χ2v) is 4.35. The zero-order chi connectivity index (χ0) is 13.2. The van der Waals surface area contributed by atoms with Gasteiger partial charge in [0.05, 0.1) is 5.56 Å². The van der Waals surface area contributed by atoms with Crippen molar-refractivity contribution in [3.8, 4) is 0 Å². The molecule has 1 N–H and O–H groups in total. The summed E-state index contributed by atoms with van der Waals surface area (Å²) < 4.78 is 5.33. The van der Waals surface area contributed by atoms with Crippen LogP contribution in [0.1, 0.15) is 10.4 Å². The van der Waals surface area contributed by atoms with E-state index in [2.05, 4.69) is 10.3 Å². The van der Waals surface area contributed by atoms with Gasteiger partial charge in [-0.3, -0.25) is 4.79 Å². The van der Waals surface area contributed by atoms with Crippen LogP contribution in [0, 0.1) is 0 Å². The van der Waals surface area contributed by atoms with Gasteiger partial charge in [-0.05, 0) is 18.2 Å². The van der Waals surface area contributed by atoms with E-state index in [1.54, 1.807) is 12.1 Å². The third-order valence-electron chi connectivity index (χ3n) is 2.71. The quantitative estimate of drug-likeness (QED) is 0.723. The number of halogens is 1. The number of fused-ring (bicyclic) bond motifs is 1. The van der Waals surface area contributed by atoms with Crippen LogP contribution < -0.4 is 5.32 Å². The lowest BCUT2D eigenvalue weighted by molar-refractivity contribution is 0.102. The fraction of sp³-hybridized carbons (Fsp3) is 0. The SMILES string of the molecule is O=C(Nc1ccnc(Cl)c1)c1coc2ccccc12. The number of aromatic nitrogens is 1. The summed E-state index contributed by atoms with van der Waals surface area (Å²) in [4.78, 5) is 16.0. The highest BCUT2D eigenvalue weighted by Crippen LogP contribution is 2.22. The Morgan fingerprint density at radius 1 is 1.26 bits per heavy atom. The van der Waals surface area contributed by atoms with Crippen LogP contribution in [0.15, 0.2) is 53.3 Å². The van der Waals surface area contributed by atoms with E-state index in [1.807, 2.05) is 24.3 Å². The molecule has 2 heterocycles. The van der Waals surface area contributed by atoms with Gasteiger partial charge in [-0.1, -0.05) is 29.8 Å². The number of furan rings is 1. The van der Waals surface area contributed by atoms with Crippen LogP contribution in [0.4, 0.5) is 5.69 Å². The summed E-state index contributed by atoms with van der Waals surface area (Å²) in [6, 6.07) is 10.6. The highest BCUT2D eigenvalue weighted by Gasteiger charge is 2.13. The van der Waals surface area contributed by atoms with Gasteiger partial charge < -0.3 is 9.73 Å². The van der Waals surface area contributed by atoms with Crippen LogP contribution in [-0.4, -0.2) is 10.9 Å². The Labute approximate surface area is 114 Å². The fourth-order valence-corrected chi connectivity index (χ4v) is 2.01. The molecule has 5 heteroatoms. The molecule has 4 nitrogen and oxygen atoms in total. The summed E-state index contributed by atoms with van der Waals surface area (Å²) in [5.41, 5.74) is 1.76. The molecular weight excluding hydrogens is 264 g/mol. The Morgan fingerprint density at radius 3 is 2.95 bits per heavy atom. The van der Waals surface area contributed by atoms with E-state index in [0.717, 1.165) is 5.39 Å². The van der Waals surface area contributed by atoms with Crippen LogP contribution in [0.3, 0.4) is 0 Å². The Morgan fingerprint density at radius 2 is 2.11 bits per heavy atom. The number of hydrogen-bond acceptors (Lipinski definition) is 3. The Hall–Kier alpha value is -2.33. The minimum atomic E-state index is -0.243. The average Bonchev–Trinajstić information content (AvgIpc) is 2.82. The van der Waals surface area contributed by atoms with Gasteiger partial charge in [-0.2, -0.15) is 0 Å². The van der Waals surface area contributed by atoms with Gasteiger partial charge in [0.15, 0.2) is 0 Å². The van der Waals surface area contributed by atoms with Crippen LogP contribution in [0.25, 0.3) is 11.0 Å². The minimum Gasteiger partial charge on any atom is -0.463 e. The number of amides is 1. The third kappa shape index (κ3) is 2.30. The van der Waals surface area contributed by atoms with Crippen molar-refractivity contribution in [1.29, 1.82) is 0 Å². The van der Waals surface area contributed by atoms with E-state index in [0.29, 0.717) is 22.0 Å². The van der Waals surface area contributed by atoms with Crippen molar-refractivity contribution in [2.24, 2.45) is 0 Å². The first-order valence-electron chi connectivity index (χ1n) is 5.63. The molecule has 1 aromatic carbocycles. The number of hydrogen-bond donors (Lipinski definition) is 1. The molecule has 0 fully saturated rings. The molecule has 1 amide bonds. The van der Waals surface area contributed by atoms with Gasteiger partial charge in [0, 0.05) is 17.3 Å². The van der Waals surface area contributed by atoms with Crippen molar-refractivity contribution in [1.82, 2.24) is 4.98 Å². The molecule has 0 saturated carbocycles. The molecule has 0 aliphatic rings. The van der Waals surface area contributed by atoms with Gasteiger partial charge in [0.25, 0.3) is 5.91 Å². The van der Waals surface area contributed by atoms with Gasteiger partial charge in [-0.15, -0.1) is 0 Å². The van der Waals surface area contributed by atoms with Crippen molar-refractivity contribution in [3.63, 3.8) is 0 Å². The molecule has 0 bridgehead atoms. The number of carbonyl (C=O) groups is 1. The van der Waals surface area contributed by atoms with Crippen molar-refractivity contribution < 1.29 is 9.21 Å². The molecule has 3 rings (SSSR count). The lowest BCUT2D eigenvalue weighted by Crippen LogP contribution is -2.11. The summed E-state index contributed by atoms with van der Waals surface area (Å²) in [6.45, 7) is 0. The van der Waals surface area contributed by atoms with Crippen LogP contribution in [0.2, 0.25) is 5.15 Å². The first-order chi connectivity index (χ1) is 9.24. The second kappa shape index (κ2) is 4.74. The average molecular weight is 273 g/mol. The van der Waals surface area contributed by atoms with Crippen LogP contribution >= 0.6 is 11.6 Å². The Bertz CT molecular complexity index is 752. The molecule has 0 saturated heterocycles. The number of nitrogens with zero attached hydrogens (tertiary/aromatic N) is 1. The molecule has 3 aromatic rings. The molecule has 19 heavy (non-hydrogen) atoms. The number of rotatable bonds is 2. The van der Waals surface area contributed by atoms with Crippen LogP contribution in [-0.2, 0) is 0 Å². The van der Waals surface area contributed by atoms with Crippen molar-refractivity contribution in [2.45, 2.75) is 0 Å². The lowest BCUT2D eigenvalue weighted by atomic mass is 10.1. The standard InChI is InChI=1S/C14H9ClN2O2/c15-13-7-9(5-6-16-13)17-14(18)11-8-19-12-4-2-1-3-10(11)12/h1-8H,(H,16,17,18). The Kier molecular flexibility index (Phi) is 2.93. The summed E-state index contributed by atoms with van der Waals surface area (Å²) in [7, 11) is 0. The smallest absolute Gasteiger partial charge is 0.259 e. The zero-order valence-electron chi connectivity index (χ0n) is 9.76. The first kappa shape index (κ1) is 11.7. The number of pyridine rings is 1. The Balaban J connectivity index is 1.92. The molecule has 0 spiro atoms. The highest BCUT2D eigenvalue weighted by atomic mass is 35.5. The zero-order valence-corrected chi connectivity index (χ0v) is 10.5. The normalized spacial score (nSPS) is 10.6. The molecule has 0 atom stereocenters. The fourth-order valence-electron chi connectivity index (χ4n) is 1.83. The summed E-state index contributed by atoms with van der Waals surface area (Å²) in [5.74, 6) is -0.243. The van der Waals surface area contributed by atoms with E-state index in [9.17, 15) is 4.79 Å². The predicted molar refractivity (Wildman–Crippen MR) is 73.4 cm³/mol. The maximum atomic E-state index is 12.2. The third-order valence-corrected chi connectivity index (χ3v) is 2.92. The monoisotopic (exact) mass is 272 g/mol. The van der Waals surface area contributed by atoms with Gasteiger partial charge in [-0.25, -0.2) is 4.98 Å². The number of para-hydroxylation sites is 1. The number of nitrogens with one attached hydrogen (secondary N) is 1. The van der Waals surface area contributed by atoms with E-state index >= 15 is 0 Å². The number of carbonyl (C=O) groups excluding carboxylic acids is 1. The van der Waals surface area contributed by atoms with Crippen LogP contribution in [0.5, 0.6) is 0 Å². The summed E-state index contributed by atoms with van der Waals surface area (Å²) >= 11 is 5.77. The topological polar surface area (TPSA) is 55.1 Å². The molecule has 0 unspecified atom stereocenters. The van der Waals surface area contributed by atoms with Gasteiger partial charge >= 0.3 is 0 Å². The van der Waals surface area contributed by atoms with E-state index < -0.39 is 0 Å². The van der Waals surface area contributed by atoms with Crippen molar-refractivity contribution in [3.05, 3.63) is 59.6 Å². The highest BCUT2D eigenvalue weighted by molar-refractivity contribution is 6.29. The minimum absolute atomic E-state index is 0.243. The molecule has 0 aliphatic heterocycles. The molecule has 0 aliphatic carbocycles. The molecule has 94 valence electrons. The van der Waals surface area contributed by atoms with Crippen molar-refractivity contribution >= 4 is 34.2 Å². The van der Waals surface area contributed by atoms with E-state index in [4.69, 9.17) is 16.0 Å². The largest absolute Gasteiger partial charge is 0.463 e. The second-order valence-electron chi connectivity index (χ2n) is 3.97. The van der Waals surface area contributed by atoms with E-state index in [1.165, 1.54) is 12.5 Å². The first-order valence-corrected chi connectivity index (χ1v) is 6.01.